The number of rotatable bonds is 5. The van der Waals surface area contributed by atoms with E-state index in [2.05, 4.69) is 10.1 Å². The molecule has 0 aliphatic heterocycles. The van der Waals surface area contributed by atoms with E-state index in [0.29, 0.717) is 26.3 Å². The van der Waals surface area contributed by atoms with Crippen molar-refractivity contribution in [2.24, 2.45) is 5.10 Å². The zero-order valence-electron chi connectivity index (χ0n) is 15.3. The molecule has 4 aromatic rings. The molecular weight excluding hydrogens is 468 g/mol. The Morgan fingerprint density at radius 1 is 1.17 bits per heavy atom. The van der Waals surface area contributed by atoms with Crippen molar-refractivity contribution < 1.29 is 13.9 Å². The number of anilines is 1. The first-order valence-corrected chi connectivity index (χ1v) is 10.9. The molecule has 2 aromatic carbocycles. The quantitative estimate of drug-likeness (QED) is 0.242. The summed E-state index contributed by atoms with van der Waals surface area (Å²) in [6.45, 7) is 0. The van der Waals surface area contributed by atoms with Crippen molar-refractivity contribution in [3.05, 3.63) is 74.1 Å². The number of aromatic nitrogens is 1. The second-order valence-electron chi connectivity index (χ2n) is 5.98. The molecule has 2 heterocycles. The van der Waals surface area contributed by atoms with Gasteiger partial charge in [-0.15, -0.1) is 11.3 Å². The van der Waals surface area contributed by atoms with Gasteiger partial charge in [-0.25, -0.2) is 9.37 Å². The molecule has 30 heavy (non-hydrogen) atoms. The van der Waals surface area contributed by atoms with E-state index in [-0.39, 0.29) is 15.7 Å². The third-order valence-electron chi connectivity index (χ3n) is 4.04. The summed E-state index contributed by atoms with van der Waals surface area (Å²) in [7, 11) is 1.58. The second-order valence-corrected chi connectivity index (χ2v) is 9.28. The van der Waals surface area contributed by atoms with Crippen LogP contribution in [0.4, 0.5) is 9.52 Å². The monoisotopic (exact) mass is 479 g/mol. The lowest BCUT2D eigenvalue weighted by Crippen LogP contribution is -2.25. The van der Waals surface area contributed by atoms with E-state index < -0.39 is 5.91 Å². The molecule has 5 nitrogen and oxygen atoms in total. The molecule has 2 aromatic heterocycles. The van der Waals surface area contributed by atoms with Crippen LogP contribution in [0.3, 0.4) is 0 Å². The molecule has 0 spiro atoms. The van der Waals surface area contributed by atoms with Gasteiger partial charge in [0.05, 0.1) is 33.4 Å². The van der Waals surface area contributed by atoms with Gasteiger partial charge in [-0.1, -0.05) is 46.7 Å². The van der Waals surface area contributed by atoms with E-state index in [9.17, 15) is 9.18 Å². The maximum atomic E-state index is 13.2. The fraction of sp³-hybridized carbons (Fsp3) is 0.0500. The van der Waals surface area contributed by atoms with E-state index in [4.69, 9.17) is 27.9 Å². The van der Waals surface area contributed by atoms with Crippen molar-refractivity contribution in [3.8, 4) is 5.75 Å². The summed E-state index contributed by atoms with van der Waals surface area (Å²) in [5, 5.41) is 5.82. The minimum Gasteiger partial charge on any atom is -0.497 e. The van der Waals surface area contributed by atoms with Crippen LogP contribution in [0, 0.1) is 5.82 Å². The molecular formula is C20H12Cl2FN3O2S2. The number of halogens is 3. The van der Waals surface area contributed by atoms with E-state index in [0.717, 1.165) is 21.0 Å². The molecule has 0 saturated heterocycles. The van der Waals surface area contributed by atoms with Crippen molar-refractivity contribution in [1.82, 2.24) is 4.98 Å². The van der Waals surface area contributed by atoms with Gasteiger partial charge in [0.15, 0.2) is 0 Å². The highest BCUT2D eigenvalue weighted by Crippen LogP contribution is 2.36. The third-order valence-corrected chi connectivity index (χ3v) is 6.52. The Morgan fingerprint density at radius 2 is 1.93 bits per heavy atom. The highest BCUT2D eigenvalue weighted by atomic mass is 35.5. The average molecular weight is 480 g/mol. The first-order valence-electron chi connectivity index (χ1n) is 8.48. The molecule has 1 amide bonds. The van der Waals surface area contributed by atoms with Crippen LogP contribution in [0.1, 0.15) is 15.9 Å². The summed E-state index contributed by atoms with van der Waals surface area (Å²) >= 11 is 14.6. The molecule has 10 heteroatoms. The highest BCUT2D eigenvalue weighted by Gasteiger charge is 2.25. The van der Waals surface area contributed by atoms with Gasteiger partial charge in [-0.2, -0.15) is 10.1 Å². The summed E-state index contributed by atoms with van der Waals surface area (Å²) < 4.78 is 19.9. The predicted octanol–water partition coefficient (Wildman–Crippen LogP) is 6.49. The lowest BCUT2D eigenvalue weighted by Gasteiger charge is -2.13. The number of hydrogen-bond acceptors (Lipinski definition) is 6. The van der Waals surface area contributed by atoms with E-state index >= 15 is 0 Å². The average Bonchev–Trinajstić information content (AvgIpc) is 3.30. The Kier molecular flexibility index (Phi) is 6.01. The third kappa shape index (κ3) is 4.32. The minimum atomic E-state index is -0.479. The van der Waals surface area contributed by atoms with Gasteiger partial charge in [0.25, 0.3) is 5.91 Å². The maximum absolute atomic E-state index is 13.2. The maximum Gasteiger partial charge on any atom is 0.283 e. The number of amides is 1. The molecule has 0 bridgehead atoms. The van der Waals surface area contributed by atoms with E-state index in [1.165, 1.54) is 35.8 Å². The largest absolute Gasteiger partial charge is 0.497 e. The topological polar surface area (TPSA) is 54.8 Å². The minimum absolute atomic E-state index is 0.222. The van der Waals surface area contributed by atoms with Crippen molar-refractivity contribution in [3.63, 3.8) is 0 Å². The number of carbonyl (C=O) groups is 1. The van der Waals surface area contributed by atoms with Gasteiger partial charge in [-0.05, 0) is 42.0 Å². The van der Waals surface area contributed by atoms with Crippen LogP contribution in [0.5, 0.6) is 5.75 Å². The first-order chi connectivity index (χ1) is 14.4. The first kappa shape index (κ1) is 20.7. The van der Waals surface area contributed by atoms with Crippen molar-refractivity contribution >= 4 is 73.3 Å². The van der Waals surface area contributed by atoms with Crippen molar-refractivity contribution in [2.45, 2.75) is 0 Å². The van der Waals surface area contributed by atoms with Gasteiger partial charge in [0.1, 0.15) is 15.9 Å². The Hall–Kier alpha value is -2.52. The molecule has 0 aliphatic rings. The number of benzene rings is 2. The second kappa shape index (κ2) is 8.69. The van der Waals surface area contributed by atoms with Gasteiger partial charge in [0.2, 0.25) is 5.13 Å². The SMILES string of the molecule is COc1ccc2nc(N(/N=C/c3ccc(F)cc3)C(=O)c3cc(Cl)sc3Cl)sc2c1. The summed E-state index contributed by atoms with van der Waals surface area (Å²) in [4.78, 5) is 17.7. The van der Waals surface area contributed by atoms with Crippen LogP contribution < -0.4 is 9.75 Å². The smallest absolute Gasteiger partial charge is 0.283 e. The molecule has 0 atom stereocenters. The summed E-state index contributed by atoms with van der Waals surface area (Å²) in [6, 6.07) is 12.6. The number of carbonyl (C=O) groups excluding carboxylic acids is 1. The fourth-order valence-electron chi connectivity index (χ4n) is 2.57. The van der Waals surface area contributed by atoms with Crippen molar-refractivity contribution in [1.29, 1.82) is 0 Å². The Labute approximate surface area is 188 Å². The zero-order valence-corrected chi connectivity index (χ0v) is 18.4. The number of fused-ring (bicyclic) bond motifs is 1. The van der Waals surface area contributed by atoms with Crippen LogP contribution in [0.15, 0.2) is 53.6 Å². The van der Waals surface area contributed by atoms with Gasteiger partial charge >= 0.3 is 0 Å². The van der Waals surface area contributed by atoms with Gasteiger partial charge in [-0.3, -0.25) is 4.79 Å². The molecule has 4 rings (SSSR count). The number of methoxy groups -OCH3 is 1. The molecule has 0 aliphatic carbocycles. The normalized spacial score (nSPS) is 11.3. The summed E-state index contributed by atoms with van der Waals surface area (Å²) in [5.74, 6) is -0.162. The zero-order chi connectivity index (χ0) is 21.3. The highest BCUT2D eigenvalue weighted by molar-refractivity contribution is 7.22. The van der Waals surface area contributed by atoms with E-state index in [1.54, 1.807) is 31.4 Å². The number of ether oxygens (including phenoxy) is 1. The number of thiazole rings is 1. The van der Waals surface area contributed by atoms with E-state index in [1.807, 2.05) is 6.07 Å². The Bertz CT molecular complexity index is 1250. The number of thiophene rings is 1. The fourth-order valence-corrected chi connectivity index (χ4v) is 4.97. The standard InChI is InChI=1S/C20H12Cl2FN3O2S2/c1-28-13-6-7-15-16(8-13)29-20(25-15)26(19(27)14-9-17(21)30-18(14)22)24-10-11-2-4-12(23)5-3-11/h2-10H,1H3/b24-10+. The lowest BCUT2D eigenvalue weighted by atomic mass is 10.2. The van der Waals surface area contributed by atoms with Gasteiger partial charge in [0, 0.05) is 0 Å². The Morgan fingerprint density at radius 3 is 2.60 bits per heavy atom. The Balaban J connectivity index is 1.77. The van der Waals surface area contributed by atoms with Crippen LogP contribution in [0.25, 0.3) is 10.2 Å². The molecule has 0 radical (unpaired) electrons. The molecule has 0 saturated carbocycles. The predicted molar refractivity (Wildman–Crippen MR) is 121 cm³/mol. The van der Waals surface area contributed by atoms with Crippen molar-refractivity contribution in [2.75, 3.05) is 12.1 Å². The van der Waals surface area contributed by atoms with Crippen LogP contribution in [-0.2, 0) is 0 Å². The summed E-state index contributed by atoms with van der Waals surface area (Å²) in [5.41, 5.74) is 1.53. The number of nitrogens with zero attached hydrogens (tertiary/aromatic N) is 3. The van der Waals surface area contributed by atoms with Gasteiger partial charge < -0.3 is 4.74 Å². The molecule has 0 fully saturated rings. The van der Waals surface area contributed by atoms with Crippen LogP contribution >= 0.6 is 45.9 Å². The molecule has 0 N–H and O–H groups in total. The number of hydrogen-bond donors (Lipinski definition) is 0. The molecule has 0 unspecified atom stereocenters. The molecule has 152 valence electrons. The lowest BCUT2D eigenvalue weighted by molar-refractivity contribution is 0.0988. The van der Waals surface area contributed by atoms with Crippen LogP contribution in [-0.4, -0.2) is 24.2 Å². The van der Waals surface area contributed by atoms with Crippen LogP contribution in [0.2, 0.25) is 8.67 Å². The number of hydrazone groups is 1. The summed E-state index contributed by atoms with van der Waals surface area (Å²) in [6.07, 6.45) is 1.45.